The van der Waals surface area contributed by atoms with E-state index in [0.29, 0.717) is 6.54 Å². The molecule has 3 nitrogen and oxygen atoms in total. The van der Waals surface area contributed by atoms with Crippen LogP contribution in [0.15, 0.2) is 115 Å². The van der Waals surface area contributed by atoms with Crippen LogP contribution < -0.4 is 4.90 Å². The van der Waals surface area contributed by atoms with Crippen molar-refractivity contribution in [2.75, 3.05) is 25.5 Å². The molecule has 2 amide bonds. The second-order valence-corrected chi connectivity index (χ2v) is 8.34. The Kier molecular flexibility index (Phi) is 7.21. The van der Waals surface area contributed by atoms with E-state index in [0.717, 1.165) is 17.7 Å². The van der Waals surface area contributed by atoms with Crippen LogP contribution in [0, 0.1) is 0 Å². The van der Waals surface area contributed by atoms with Gasteiger partial charge in [0.1, 0.15) is 0 Å². The maximum Gasteiger partial charge on any atom is 0.323 e. The third-order valence-corrected chi connectivity index (χ3v) is 6.13. The van der Waals surface area contributed by atoms with Crippen LogP contribution in [-0.2, 0) is 0 Å². The summed E-state index contributed by atoms with van der Waals surface area (Å²) in [6.45, 7) is 0.666. The third kappa shape index (κ3) is 5.50. The summed E-state index contributed by atoms with van der Waals surface area (Å²) >= 11 is 0. The molecule has 166 valence electrons. The highest BCUT2D eigenvalue weighted by Gasteiger charge is 2.19. The number of carbonyl (C=O) groups excluding carboxylic acids is 1. The zero-order chi connectivity index (χ0) is 23.0. The fraction of sp³-hybridized carbons (Fsp3) is 0.167. The zero-order valence-corrected chi connectivity index (χ0v) is 19.3. The summed E-state index contributed by atoms with van der Waals surface area (Å²) < 4.78 is 0. The Morgan fingerprint density at radius 3 is 1.61 bits per heavy atom. The van der Waals surface area contributed by atoms with Crippen molar-refractivity contribution < 1.29 is 4.79 Å². The summed E-state index contributed by atoms with van der Waals surface area (Å²) in [5, 5.41) is 0. The molecule has 0 atom stereocenters. The minimum atomic E-state index is -0.0117. The summed E-state index contributed by atoms with van der Waals surface area (Å²) in [4.78, 5) is 16.7. The summed E-state index contributed by atoms with van der Waals surface area (Å²) in [5.74, 6) is 0.248. The molecule has 0 N–H and O–H groups in total. The van der Waals surface area contributed by atoms with Gasteiger partial charge in [0.25, 0.3) is 0 Å². The molecule has 0 saturated carbocycles. The Morgan fingerprint density at radius 2 is 1.09 bits per heavy atom. The summed E-state index contributed by atoms with van der Waals surface area (Å²) in [6, 6.07) is 39.4. The van der Waals surface area contributed by atoms with E-state index >= 15 is 0 Å². The van der Waals surface area contributed by atoms with Gasteiger partial charge in [-0.15, -0.1) is 0 Å². The van der Waals surface area contributed by atoms with Gasteiger partial charge in [-0.05, 0) is 40.8 Å². The normalized spacial score (nSPS) is 10.8. The minimum Gasteiger partial charge on any atom is -0.327 e. The van der Waals surface area contributed by atoms with Crippen molar-refractivity contribution in [2.24, 2.45) is 0 Å². The average molecular weight is 435 g/mol. The molecule has 0 aliphatic rings. The Hall–Kier alpha value is -3.85. The van der Waals surface area contributed by atoms with Crippen molar-refractivity contribution in [3.63, 3.8) is 0 Å². The molecular formula is C30H30N2O. The minimum absolute atomic E-state index is 0.0117. The topological polar surface area (TPSA) is 23.6 Å². The van der Waals surface area contributed by atoms with Crippen molar-refractivity contribution in [1.29, 1.82) is 0 Å². The predicted octanol–water partition coefficient (Wildman–Crippen LogP) is 7.06. The second-order valence-electron chi connectivity index (χ2n) is 8.34. The van der Waals surface area contributed by atoms with Gasteiger partial charge in [-0.1, -0.05) is 103 Å². The molecule has 0 aromatic heterocycles. The monoisotopic (exact) mass is 434 g/mol. The second kappa shape index (κ2) is 10.6. The predicted molar refractivity (Wildman–Crippen MR) is 138 cm³/mol. The van der Waals surface area contributed by atoms with E-state index in [1.54, 1.807) is 4.90 Å². The molecule has 0 saturated heterocycles. The molecule has 0 bridgehead atoms. The van der Waals surface area contributed by atoms with Crippen LogP contribution in [0.5, 0.6) is 0 Å². The molecular weight excluding hydrogens is 404 g/mol. The van der Waals surface area contributed by atoms with Crippen LogP contribution in [0.3, 0.4) is 0 Å². The van der Waals surface area contributed by atoms with Crippen molar-refractivity contribution in [3.8, 4) is 11.1 Å². The van der Waals surface area contributed by atoms with Gasteiger partial charge in [-0.3, -0.25) is 4.90 Å². The quantitative estimate of drug-likeness (QED) is 0.305. The first-order chi connectivity index (χ1) is 16.1. The molecule has 0 spiro atoms. The lowest BCUT2D eigenvalue weighted by Gasteiger charge is -2.27. The first kappa shape index (κ1) is 22.3. The highest BCUT2D eigenvalue weighted by atomic mass is 16.2. The van der Waals surface area contributed by atoms with Gasteiger partial charge in [0.05, 0.1) is 0 Å². The van der Waals surface area contributed by atoms with Gasteiger partial charge in [0, 0.05) is 32.2 Å². The highest BCUT2D eigenvalue weighted by Crippen LogP contribution is 2.28. The zero-order valence-electron chi connectivity index (χ0n) is 19.3. The molecule has 0 heterocycles. The van der Waals surface area contributed by atoms with Gasteiger partial charge >= 0.3 is 6.03 Å². The average Bonchev–Trinajstić information content (AvgIpc) is 2.89. The molecule has 0 aliphatic heterocycles. The van der Waals surface area contributed by atoms with E-state index in [9.17, 15) is 4.79 Å². The lowest BCUT2D eigenvalue weighted by atomic mass is 9.88. The SMILES string of the molecule is CN(CCC(c1ccccc1)c1ccccc1)C(=O)N(C)c1ccc(-c2ccccc2)cc1. The summed E-state index contributed by atoms with van der Waals surface area (Å²) in [5.41, 5.74) is 5.74. The molecule has 0 aliphatic carbocycles. The van der Waals surface area contributed by atoms with E-state index in [1.807, 2.05) is 61.5 Å². The van der Waals surface area contributed by atoms with Gasteiger partial charge in [-0.2, -0.15) is 0 Å². The van der Waals surface area contributed by atoms with E-state index in [4.69, 9.17) is 0 Å². The number of carbonyl (C=O) groups is 1. The Balaban J connectivity index is 1.43. The van der Waals surface area contributed by atoms with E-state index < -0.39 is 0 Å². The molecule has 4 rings (SSSR count). The first-order valence-electron chi connectivity index (χ1n) is 11.4. The van der Waals surface area contributed by atoms with Crippen molar-refractivity contribution in [1.82, 2.24) is 4.90 Å². The largest absolute Gasteiger partial charge is 0.327 e. The van der Waals surface area contributed by atoms with Crippen molar-refractivity contribution in [2.45, 2.75) is 12.3 Å². The van der Waals surface area contributed by atoms with Gasteiger partial charge in [-0.25, -0.2) is 4.79 Å². The highest BCUT2D eigenvalue weighted by molar-refractivity contribution is 5.91. The molecule has 33 heavy (non-hydrogen) atoms. The standard InChI is InChI=1S/C30H30N2O/c1-31(23-22-29(26-14-8-4-9-15-26)27-16-10-5-11-17-27)30(33)32(2)28-20-18-25(19-21-28)24-12-6-3-7-13-24/h3-21,29H,22-23H2,1-2H3. The van der Waals surface area contributed by atoms with E-state index in [1.165, 1.54) is 16.7 Å². The first-order valence-corrected chi connectivity index (χ1v) is 11.4. The molecule has 4 aromatic carbocycles. The number of amides is 2. The third-order valence-electron chi connectivity index (χ3n) is 6.13. The number of nitrogens with zero attached hydrogens (tertiary/aromatic N) is 2. The number of urea groups is 1. The smallest absolute Gasteiger partial charge is 0.323 e. The van der Waals surface area contributed by atoms with Crippen LogP contribution in [0.2, 0.25) is 0 Å². The van der Waals surface area contributed by atoms with Crippen LogP contribution in [0.4, 0.5) is 10.5 Å². The van der Waals surface area contributed by atoms with E-state index in [-0.39, 0.29) is 11.9 Å². The fourth-order valence-corrected chi connectivity index (χ4v) is 4.19. The molecule has 4 aromatic rings. The fourth-order valence-electron chi connectivity index (χ4n) is 4.19. The summed E-state index contributed by atoms with van der Waals surface area (Å²) in [7, 11) is 3.71. The van der Waals surface area contributed by atoms with Crippen LogP contribution in [0.1, 0.15) is 23.5 Å². The lowest BCUT2D eigenvalue weighted by molar-refractivity contribution is 0.215. The molecule has 0 radical (unpaired) electrons. The molecule has 0 unspecified atom stereocenters. The van der Waals surface area contributed by atoms with Gasteiger partial charge in [0.2, 0.25) is 0 Å². The van der Waals surface area contributed by atoms with Crippen molar-refractivity contribution >= 4 is 11.7 Å². The van der Waals surface area contributed by atoms with Crippen LogP contribution in [0.25, 0.3) is 11.1 Å². The van der Waals surface area contributed by atoms with Crippen LogP contribution in [-0.4, -0.2) is 31.6 Å². The van der Waals surface area contributed by atoms with Crippen molar-refractivity contribution in [3.05, 3.63) is 126 Å². The Labute approximate surface area is 196 Å². The molecule has 3 heteroatoms. The number of hydrogen-bond acceptors (Lipinski definition) is 1. The Bertz CT molecular complexity index is 1100. The summed E-state index contributed by atoms with van der Waals surface area (Å²) in [6.07, 6.45) is 0.858. The maximum atomic E-state index is 13.1. The van der Waals surface area contributed by atoms with Gasteiger partial charge < -0.3 is 4.90 Å². The number of anilines is 1. The number of hydrogen-bond donors (Lipinski definition) is 0. The van der Waals surface area contributed by atoms with Gasteiger partial charge in [0.15, 0.2) is 0 Å². The number of benzene rings is 4. The number of rotatable bonds is 7. The lowest BCUT2D eigenvalue weighted by Crippen LogP contribution is -2.39. The van der Waals surface area contributed by atoms with E-state index in [2.05, 4.69) is 72.8 Å². The maximum absolute atomic E-state index is 13.1. The molecule has 0 fully saturated rings. The Morgan fingerprint density at radius 1 is 0.636 bits per heavy atom. The van der Waals surface area contributed by atoms with Crippen LogP contribution >= 0.6 is 0 Å².